The number of hydrogen-bond donors (Lipinski definition) is 3. The molecule has 1 aromatic carbocycles. The largest absolute Gasteiger partial charge is 0.494 e. The third kappa shape index (κ3) is 4.99. The van der Waals surface area contributed by atoms with Crippen LogP contribution < -0.4 is 31.3 Å². The van der Waals surface area contributed by atoms with E-state index in [9.17, 15) is 9.36 Å². The number of nitrogens with two attached hydrogens (primary N) is 1. The second kappa shape index (κ2) is 10.5. The molecule has 0 spiro atoms. The zero-order valence-corrected chi connectivity index (χ0v) is 23.9. The summed E-state index contributed by atoms with van der Waals surface area (Å²) >= 11 is 0. The Labute approximate surface area is 237 Å². The first kappa shape index (κ1) is 26.8. The first-order valence-corrected chi connectivity index (χ1v) is 15.2. The molecule has 4 aromatic rings. The Hall–Kier alpha value is -4.44. The number of aryl methyl sites for hydroxylation is 1. The van der Waals surface area contributed by atoms with E-state index in [1.165, 1.54) is 7.11 Å². The summed E-state index contributed by atoms with van der Waals surface area (Å²) in [5.41, 5.74) is 9.20. The summed E-state index contributed by atoms with van der Waals surface area (Å²) in [4.78, 5) is 16.5. The third-order valence-corrected chi connectivity index (χ3v) is 11.8. The number of primary amides is 1. The monoisotopic (exact) mass is 574 g/mol. The van der Waals surface area contributed by atoms with Crippen LogP contribution >= 0.6 is 7.14 Å². The zero-order chi connectivity index (χ0) is 28.7. The van der Waals surface area contributed by atoms with Crippen molar-refractivity contribution in [2.45, 2.75) is 37.0 Å². The number of rotatable bonds is 11. The SMILES string of the molecule is COc1cccnc1Nc1cc(Nc2cccc(-c3cc(P(=O)(C4CC4)C4CC4)n(C)n3)c2OC)c(C(N)=O)nn1. The van der Waals surface area contributed by atoms with Crippen molar-refractivity contribution in [3.05, 3.63) is 54.4 Å². The number of amides is 1. The Bertz CT molecular complexity index is 1670. The molecule has 1 amide bonds. The van der Waals surface area contributed by atoms with E-state index in [4.69, 9.17) is 20.3 Å². The number of aromatic nitrogens is 5. The van der Waals surface area contributed by atoms with Gasteiger partial charge in [0.15, 0.2) is 28.8 Å². The molecule has 0 saturated heterocycles. The van der Waals surface area contributed by atoms with Crippen molar-refractivity contribution in [2.75, 3.05) is 24.9 Å². The van der Waals surface area contributed by atoms with Crippen LogP contribution in [0.25, 0.3) is 11.3 Å². The Morgan fingerprint density at radius 2 is 1.76 bits per heavy atom. The summed E-state index contributed by atoms with van der Waals surface area (Å²) in [6, 6.07) is 12.6. The van der Waals surface area contributed by atoms with Crippen LogP contribution in [0, 0.1) is 0 Å². The number of ether oxygens (including phenoxy) is 2. The lowest BCUT2D eigenvalue weighted by molar-refractivity contribution is 0.0995. The number of para-hydroxylation sites is 1. The number of hydrogen-bond acceptors (Lipinski definition) is 10. The molecule has 6 rings (SSSR count). The molecule has 0 unspecified atom stereocenters. The van der Waals surface area contributed by atoms with Crippen LogP contribution in [-0.2, 0) is 11.6 Å². The van der Waals surface area contributed by atoms with Crippen molar-refractivity contribution in [1.29, 1.82) is 0 Å². The van der Waals surface area contributed by atoms with Crippen LogP contribution in [0.2, 0.25) is 0 Å². The highest BCUT2D eigenvalue weighted by Crippen LogP contribution is 2.69. The minimum atomic E-state index is -2.52. The van der Waals surface area contributed by atoms with Crippen LogP contribution in [0.1, 0.15) is 36.2 Å². The molecular formula is C28H31N8O4P. The average molecular weight is 575 g/mol. The van der Waals surface area contributed by atoms with Gasteiger partial charge in [0.2, 0.25) is 0 Å². The molecule has 41 heavy (non-hydrogen) atoms. The van der Waals surface area contributed by atoms with E-state index < -0.39 is 13.0 Å². The molecule has 212 valence electrons. The van der Waals surface area contributed by atoms with E-state index in [-0.39, 0.29) is 17.0 Å². The molecule has 0 bridgehead atoms. The summed E-state index contributed by atoms with van der Waals surface area (Å²) in [7, 11) is 2.44. The first-order chi connectivity index (χ1) is 19.8. The maximum absolute atomic E-state index is 14.2. The van der Waals surface area contributed by atoms with Gasteiger partial charge in [0.1, 0.15) is 7.14 Å². The van der Waals surface area contributed by atoms with Gasteiger partial charge < -0.3 is 30.4 Å². The molecule has 0 aliphatic heterocycles. The zero-order valence-electron chi connectivity index (χ0n) is 23.0. The van der Waals surface area contributed by atoms with Gasteiger partial charge in [-0.3, -0.25) is 9.48 Å². The number of methoxy groups -OCH3 is 2. The fourth-order valence-corrected chi connectivity index (χ4v) is 9.21. The van der Waals surface area contributed by atoms with Gasteiger partial charge in [-0.2, -0.15) is 5.10 Å². The van der Waals surface area contributed by atoms with Crippen LogP contribution in [0.5, 0.6) is 11.5 Å². The number of pyridine rings is 1. The van der Waals surface area contributed by atoms with Crippen molar-refractivity contribution in [3.63, 3.8) is 0 Å². The molecule has 2 aliphatic carbocycles. The Balaban J connectivity index is 1.36. The quantitative estimate of drug-likeness (QED) is 0.222. The predicted octanol–water partition coefficient (Wildman–Crippen LogP) is 4.19. The minimum Gasteiger partial charge on any atom is -0.494 e. The number of anilines is 4. The number of benzene rings is 1. The number of carbonyl (C=O) groups is 1. The fourth-order valence-electron chi connectivity index (χ4n) is 5.21. The standard InChI is InChI=1S/C28H31N8O4P/c1-36-24(41(38,16-9-10-16)17-11-12-17)15-20(35-36)18-6-4-7-19(26(18)40-3)31-21-14-23(33-34-25(21)27(29)37)32-28-22(39-2)8-5-13-30-28/h4-8,13-17H,9-12H2,1-3H3,(H2,29,37)(H2,30,31,32,33). The van der Waals surface area contributed by atoms with Gasteiger partial charge in [-0.05, 0) is 56.0 Å². The summed E-state index contributed by atoms with van der Waals surface area (Å²) in [6.07, 6.45) is 5.68. The lowest BCUT2D eigenvalue weighted by Crippen LogP contribution is -2.20. The van der Waals surface area contributed by atoms with Crippen molar-refractivity contribution in [3.8, 4) is 22.8 Å². The Kier molecular flexibility index (Phi) is 6.86. The highest BCUT2D eigenvalue weighted by atomic mass is 31.2. The lowest BCUT2D eigenvalue weighted by Gasteiger charge is -2.17. The van der Waals surface area contributed by atoms with E-state index in [1.54, 1.807) is 36.2 Å². The number of carbonyl (C=O) groups excluding carboxylic acids is 1. The van der Waals surface area contributed by atoms with Crippen LogP contribution in [0.4, 0.5) is 23.0 Å². The summed E-state index contributed by atoms with van der Waals surface area (Å²) in [5.74, 6) is 1.01. The van der Waals surface area contributed by atoms with E-state index in [0.717, 1.165) is 36.7 Å². The van der Waals surface area contributed by atoms with Crippen LogP contribution in [0.15, 0.2) is 48.7 Å². The van der Waals surface area contributed by atoms with E-state index in [0.29, 0.717) is 40.2 Å². The third-order valence-electron chi connectivity index (χ3n) is 7.42. The van der Waals surface area contributed by atoms with Gasteiger partial charge in [0.25, 0.3) is 5.91 Å². The van der Waals surface area contributed by atoms with Crippen molar-refractivity contribution < 1.29 is 18.8 Å². The molecule has 13 heteroatoms. The minimum absolute atomic E-state index is 0.0501. The average Bonchev–Trinajstić information content (AvgIpc) is 3.90. The smallest absolute Gasteiger partial charge is 0.271 e. The van der Waals surface area contributed by atoms with Crippen LogP contribution in [0.3, 0.4) is 0 Å². The van der Waals surface area contributed by atoms with Gasteiger partial charge in [0.05, 0.1) is 36.7 Å². The molecular weight excluding hydrogens is 543 g/mol. The Morgan fingerprint density at radius 3 is 2.41 bits per heavy atom. The lowest BCUT2D eigenvalue weighted by atomic mass is 10.1. The molecule has 3 heterocycles. The maximum atomic E-state index is 14.2. The Morgan fingerprint density at radius 1 is 1.00 bits per heavy atom. The first-order valence-electron chi connectivity index (χ1n) is 13.4. The van der Waals surface area contributed by atoms with Gasteiger partial charge in [-0.15, -0.1) is 10.2 Å². The topological polar surface area (TPSA) is 159 Å². The van der Waals surface area contributed by atoms with Crippen LogP contribution in [-0.4, -0.2) is 56.4 Å². The molecule has 0 atom stereocenters. The second-order valence-corrected chi connectivity index (χ2v) is 13.6. The predicted molar refractivity (Wildman–Crippen MR) is 156 cm³/mol. The van der Waals surface area contributed by atoms with E-state index in [1.807, 2.05) is 31.3 Å². The van der Waals surface area contributed by atoms with Crippen molar-refractivity contribution in [1.82, 2.24) is 25.0 Å². The van der Waals surface area contributed by atoms with Gasteiger partial charge in [0, 0.05) is 36.2 Å². The van der Waals surface area contributed by atoms with Crippen molar-refractivity contribution in [2.24, 2.45) is 12.8 Å². The number of nitrogens with one attached hydrogen (secondary N) is 2. The molecule has 12 nitrogen and oxygen atoms in total. The summed E-state index contributed by atoms with van der Waals surface area (Å²) < 4.78 is 27.2. The molecule has 2 saturated carbocycles. The molecule has 3 aromatic heterocycles. The van der Waals surface area contributed by atoms with Gasteiger partial charge >= 0.3 is 0 Å². The molecule has 2 fully saturated rings. The normalized spacial score (nSPS) is 14.9. The number of nitrogens with zero attached hydrogens (tertiary/aromatic N) is 5. The highest BCUT2D eigenvalue weighted by molar-refractivity contribution is 7.73. The highest BCUT2D eigenvalue weighted by Gasteiger charge is 2.53. The maximum Gasteiger partial charge on any atom is 0.271 e. The van der Waals surface area contributed by atoms with E-state index in [2.05, 4.69) is 25.8 Å². The molecule has 0 radical (unpaired) electrons. The molecule has 2 aliphatic rings. The summed E-state index contributed by atoms with van der Waals surface area (Å²) in [5, 5.41) is 19.2. The van der Waals surface area contributed by atoms with Gasteiger partial charge in [-0.1, -0.05) is 6.07 Å². The van der Waals surface area contributed by atoms with Crippen molar-refractivity contribution >= 4 is 41.5 Å². The van der Waals surface area contributed by atoms with E-state index >= 15 is 0 Å². The molecule has 4 N–H and O–H groups in total. The second-order valence-electron chi connectivity index (χ2n) is 10.2. The fraction of sp³-hybridized carbons (Fsp3) is 0.321. The van der Waals surface area contributed by atoms with Gasteiger partial charge in [-0.25, -0.2) is 4.98 Å². The summed E-state index contributed by atoms with van der Waals surface area (Å²) in [6.45, 7) is 0.